The van der Waals surface area contributed by atoms with Gasteiger partial charge in [0.2, 0.25) is 0 Å². The van der Waals surface area contributed by atoms with Crippen LogP contribution in [0.5, 0.6) is 5.75 Å². The second kappa shape index (κ2) is 6.63. The van der Waals surface area contributed by atoms with E-state index in [-0.39, 0.29) is 5.75 Å². The topological polar surface area (TPSA) is 21.3 Å². The molecule has 0 radical (unpaired) electrons. The van der Waals surface area contributed by atoms with Crippen molar-refractivity contribution in [1.29, 1.82) is 0 Å². The molecule has 0 saturated heterocycles. The van der Waals surface area contributed by atoms with Crippen molar-refractivity contribution in [2.45, 2.75) is 13.0 Å². The third-order valence-corrected chi connectivity index (χ3v) is 3.14. The van der Waals surface area contributed by atoms with Gasteiger partial charge in [0, 0.05) is 6.07 Å². The first-order valence-corrected chi connectivity index (χ1v) is 6.58. The molecule has 0 amide bonds. The van der Waals surface area contributed by atoms with Crippen LogP contribution in [0.4, 0.5) is 13.2 Å². The smallest absolute Gasteiger partial charge is 0.165 e. The maximum Gasteiger partial charge on any atom is 0.165 e. The molecule has 2 aromatic rings. The first kappa shape index (κ1) is 15.4. The molecular weight excluding hydrogens is 279 g/mol. The van der Waals surface area contributed by atoms with E-state index in [0.29, 0.717) is 17.7 Å². The molecule has 1 unspecified atom stereocenters. The van der Waals surface area contributed by atoms with Crippen LogP contribution in [0.2, 0.25) is 0 Å². The zero-order valence-electron chi connectivity index (χ0n) is 11.8. The van der Waals surface area contributed by atoms with Gasteiger partial charge in [-0.25, -0.2) is 13.2 Å². The number of nitrogens with one attached hydrogen (secondary N) is 1. The largest absolute Gasteiger partial charge is 0.494 e. The van der Waals surface area contributed by atoms with E-state index in [2.05, 4.69) is 5.32 Å². The van der Waals surface area contributed by atoms with Crippen molar-refractivity contribution >= 4 is 0 Å². The van der Waals surface area contributed by atoms with Gasteiger partial charge in [0.1, 0.15) is 11.6 Å². The van der Waals surface area contributed by atoms with Gasteiger partial charge < -0.3 is 10.1 Å². The Bertz CT molecular complexity index is 611. The highest BCUT2D eigenvalue weighted by molar-refractivity contribution is 5.37. The first-order chi connectivity index (χ1) is 10.0. The Labute approximate surface area is 121 Å². The van der Waals surface area contributed by atoms with Crippen LogP contribution < -0.4 is 10.1 Å². The number of hydrogen-bond acceptors (Lipinski definition) is 2. The fraction of sp³-hybridized carbons (Fsp3) is 0.250. The van der Waals surface area contributed by atoms with E-state index in [1.165, 1.54) is 31.4 Å². The molecule has 0 bridgehead atoms. The molecule has 21 heavy (non-hydrogen) atoms. The monoisotopic (exact) mass is 295 g/mol. The molecule has 2 rings (SSSR count). The molecule has 112 valence electrons. The van der Waals surface area contributed by atoms with Gasteiger partial charge in [-0.3, -0.25) is 0 Å². The van der Waals surface area contributed by atoms with E-state index in [0.717, 1.165) is 6.07 Å². The van der Waals surface area contributed by atoms with Gasteiger partial charge in [-0.05, 0) is 41.9 Å². The van der Waals surface area contributed by atoms with Crippen molar-refractivity contribution < 1.29 is 17.9 Å². The summed E-state index contributed by atoms with van der Waals surface area (Å²) in [6.07, 6.45) is 0. The second-order valence-corrected chi connectivity index (χ2v) is 4.59. The molecule has 2 aromatic carbocycles. The molecule has 0 saturated carbocycles. The van der Waals surface area contributed by atoms with Crippen molar-refractivity contribution in [2.24, 2.45) is 0 Å². The molecule has 1 N–H and O–H groups in total. The summed E-state index contributed by atoms with van der Waals surface area (Å²) in [7, 11) is 1.38. The highest BCUT2D eigenvalue weighted by Gasteiger charge is 2.17. The molecule has 0 aliphatic carbocycles. The maximum atomic E-state index is 13.8. The molecule has 2 nitrogen and oxygen atoms in total. The first-order valence-electron chi connectivity index (χ1n) is 6.58. The van der Waals surface area contributed by atoms with E-state index in [1.54, 1.807) is 6.07 Å². The molecular formula is C16H16F3NO. The number of ether oxygens (including phenoxy) is 1. The Morgan fingerprint density at radius 1 is 1.00 bits per heavy atom. The molecule has 0 fully saturated rings. The summed E-state index contributed by atoms with van der Waals surface area (Å²) in [6, 6.07) is 7.23. The van der Waals surface area contributed by atoms with Crippen LogP contribution in [-0.2, 0) is 0 Å². The van der Waals surface area contributed by atoms with Crippen LogP contribution >= 0.6 is 0 Å². The van der Waals surface area contributed by atoms with E-state index < -0.39 is 23.5 Å². The quantitative estimate of drug-likeness (QED) is 0.905. The highest BCUT2D eigenvalue weighted by atomic mass is 19.1. The standard InChI is InChI=1S/C16H16F3NO/c1-3-20-16(11-6-12(17)9-13(18)7-11)10-4-5-15(21-2)14(19)8-10/h4-9,16,20H,3H2,1-2H3. The predicted octanol–water partition coefficient (Wildman–Crippen LogP) is 3.81. The van der Waals surface area contributed by atoms with Gasteiger partial charge in [-0.2, -0.15) is 0 Å². The molecule has 0 aliphatic heterocycles. The zero-order chi connectivity index (χ0) is 15.4. The van der Waals surface area contributed by atoms with Gasteiger partial charge in [-0.1, -0.05) is 13.0 Å². The lowest BCUT2D eigenvalue weighted by Gasteiger charge is -2.19. The summed E-state index contributed by atoms with van der Waals surface area (Å²) >= 11 is 0. The maximum absolute atomic E-state index is 13.8. The van der Waals surface area contributed by atoms with E-state index in [4.69, 9.17) is 4.74 Å². The zero-order valence-corrected chi connectivity index (χ0v) is 11.8. The van der Waals surface area contributed by atoms with Gasteiger partial charge in [0.15, 0.2) is 11.6 Å². The third kappa shape index (κ3) is 3.55. The normalized spacial score (nSPS) is 12.2. The highest BCUT2D eigenvalue weighted by Crippen LogP contribution is 2.27. The van der Waals surface area contributed by atoms with Crippen molar-refractivity contribution in [1.82, 2.24) is 5.32 Å². The number of rotatable bonds is 5. The summed E-state index contributed by atoms with van der Waals surface area (Å²) in [5.74, 6) is -1.72. The fourth-order valence-electron chi connectivity index (χ4n) is 2.24. The van der Waals surface area contributed by atoms with Gasteiger partial charge in [-0.15, -0.1) is 0 Å². The van der Waals surface area contributed by atoms with Crippen molar-refractivity contribution in [3.8, 4) is 5.75 Å². The Balaban J connectivity index is 2.45. The summed E-state index contributed by atoms with van der Waals surface area (Å²) in [6.45, 7) is 2.43. The summed E-state index contributed by atoms with van der Waals surface area (Å²) in [4.78, 5) is 0. The minimum atomic E-state index is -0.665. The summed E-state index contributed by atoms with van der Waals surface area (Å²) in [5.41, 5.74) is 0.971. The second-order valence-electron chi connectivity index (χ2n) is 4.59. The Kier molecular flexibility index (Phi) is 4.85. The molecule has 0 spiro atoms. The van der Waals surface area contributed by atoms with Gasteiger partial charge >= 0.3 is 0 Å². The number of halogens is 3. The molecule has 0 heterocycles. The molecule has 0 aromatic heterocycles. The van der Waals surface area contributed by atoms with Gasteiger partial charge in [0.05, 0.1) is 13.2 Å². The Hall–Kier alpha value is -2.01. The predicted molar refractivity (Wildman–Crippen MR) is 74.8 cm³/mol. The number of hydrogen-bond donors (Lipinski definition) is 1. The van der Waals surface area contributed by atoms with Crippen LogP contribution in [0.25, 0.3) is 0 Å². The number of methoxy groups -OCH3 is 1. The van der Waals surface area contributed by atoms with Crippen LogP contribution in [0, 0.1) is 17.5 Å². The lowest BCUT2D eigenvalue weighted by molar-refractivity contribution is 0.385. The summed E-state index contributed by atoms with van der Waals surface area (Å²) < 4.78 is 45.5. The lowest BCUT2D eigenvalue weighted by atomic mass is 9.98. The van der Waals surface area contributed by atoms with Crippen LogP contribution in [0.1, 0.15) is 24.1 Å². The summed E-state index contributed by atoms with van der Waals surface area (Å²) in [5, 5.41) is 3.09. The third-order valence-electron chi connectivity index (χ3n) is 3.14. The van der Waals surface area contributed by atoms with Gasteiger partial charge in [0.25, 0.3) is 0 Å². The molecule has 1 atom stereocenters. The average molecular weight is 295 g/mol. The van der Waals surface area contributed by atoms with Crippen molar-refractivity contribution in [2.75, 3.05) is 13.7 Å². The van der Waals surface area contributed by atoms with E-state index >= 15 is 0 Å². The molecule has 5 heteroatoms. The van der Waals surface area contributed by atoms with Crippen LogP contribution in [0.15, 0.2) is 36.4 Å². The number of benzene rings is 2. The van der Waals surface area contributed by atoms with Crippen LogP contribution in [-0.4, -0.2) is 13.7 Å². The van der Waals surface area contributed by atoms with Crippen LogP contribution in [0.3, 0.4) is 0 Å². The minimum Gasteiger partial charge on any atom is -0.494 e. The Morgan fingerprint density at radius 2 is 1.67 bits per heavy atom. The average Bonchev–Trinajstić information content (AvgIpc) is 2.43. The lowest BCUT2D eigenvalue weighted by Crippen LogP contribution is -2.22. The SMILES string of the molecule is CCNC(c1cc(F)cc(F)c1)c1ccc(OC)c(F)c1. The van der Waals surface area contributed by atoms with E-state index in [1.807, 2.05) is 6.92 Å². The minimum absolute atomic E-state index is 0.124. The molecule has 0 aliphatic rings. The van der Waals surface area contributed by atoms with Crippen molar-refractivity contribution in [3.63, 3.8) is 0 Å². The van der Waals surface area contributed by atoms with Crippen molar-refractivity contribution in [3.05, 3.63) is 65.0 Å². The Morgan fingerprint density at radius 3 is 2.19 bits per heavy atom. The fourth-order valence-corrected chi connectivity index (χ4v) is 2.24. The van der Waals surface area contributed by atoms with E-state index in [9.17, 15) is 13.2 Å².